The van der Waals surface area contributed by atoms with Crippen molar-refractivity contribution in [2.75, 3.05) is 33.9 Å². The minimum Gasteiger partial charge on any atom is -0.383 e. The molecule has 1 aromatic heterocycles. The summed E-state index contributed by atoms with van der Waals surface area (Å²) in [7, 11) is 4.10. The van der Waals surface area contributed by atoms with E-state index < -0.39 is 0 Å². The minimum atomic E-state index is 0.401. The van der Waals surface area contributed by atoms with Gasteiger partial charge in [0, 0.05) is 43.9 Å². The number of nitrogens with zero attached hydrogens (tertiary/aromatic N) is 3. The fourth-order valence-corrected chi connectivity index (χ4v) is 4.26. The van der Waals surface area contributed by atoms with Gasteiger partial charge in [-0.05, 0) is 46.6 Å². The highest BCUT2D eigenvalue weighted by Crippen LogP contribution is 2.40. The summed E-state index contributed by atoms with van der Waals surface area (Å²) in [4.78, 5) is 5.15. The number of likely N-dealkylation sites (tertiary alicyclic amines) is 2. The molecule has 2 saturated heterocycles. The summed E-state index contributed by atoms with van der Waals surface area (Å²) in [5.74, 6) is 0.968. The van der Waals surface area contributed by atoms with Crippen LogP contribution in [0.3, 0.4) is 0 Å². The molecular formula is C17H29N3O2. The topological polar surface area (TPSA) is 41.7 Å². The van der Waals surface area contributed by atoms with E-state index >= 15 is 0 Å². The molecule has 0 N–H and O–H groups in total. The zero-order valence-corrected chi connectivity index (χ0v) is 14.4. The van der Waals surface area contributed by atoms with Gasteiger partial charge >= 0.3 is 0 Å². The molecular weight excluding hydrogens is 278 g/mol. The number of methoxy groups -OCH3 is 1. The molecule has 1 aromatic rings. The van der Waals surface area contributed by atoms with Crippen molar-refractivity contribution in [2.45, 2.75) is 57.7 Å². The van der Waals surface area contributed by atoms with Crippen LogP contribution in [-0.2, 0) is 11.3 Å². The van der Waals surface area contributed by atoms with Crippen LogP contribution < -0.4 is 0 Å². The first-order valence-electron chi connectivity index (χ1n) is 8.42. The molecule has 124 valence electrons. The third kappa shape index (κ3) is 2.82. The average Bonchev–Trinajstić information content (AvgIpc) is 2.99. The Labute approximate surface area is 133 Å². The molecule has 1 atom stereocenters. The number of aryl methyl sites for hydroxylation is 2. The van der Waals surface area contributed by atoms with Crippen molar-refractivity contribution in [3.63, 3.8) is 0 Å². The van der Waals surface area contributed by atoms with Crippen molar-refractivity contribution in [2.24, 2.45) is 0 Å². The summed E-state index contributed by atoms with van der Waals surface area (Å²) in [6.07, 6.45) is 5.10. The molecule has 0 amide bonds. The third-order valence-electron chi connectivity index (χ3n) is 5.95. The van der Waals surface area contributed by atoms with Gasteiger partial charge in [-0.25, -0.2) is 0 Å². The summed E-state index contributed by atoms with van der Waals surface area (Å²) < 4.78 is 10.7. The van der Waals surface area contributed by atoms with Gasteiger partial charge in [0.2, 0.25) is 0 Å². The number of likely N-dealkylation sites (N-methyl/N-ethyl adjacent to an activating group) is 1. The van der Waals surface area contributed by atoms with E-state index in [1.807, 2.05) is 21.0 Å². The fraction of sp³-hybridized carbons (Fsp3) is 0.824. The Morgan fingerprint density at radius 1 is 1.27 bits per heavy atom. The van der Waals surface area contributed by atoms with Crippen LogP contribution >= 0.6 is 0 Å². The molecule has 0 radical (unpaired) electrons. The van der Waals surface area contributed by atoms with Crippen LogP contribution in [0.1, 0.15) is 42.7 Å². The van der Waals surface area contributed by atoms with Crippen molar-refractivity contribution >= 4 is 0 Å². The van der Waals surface area contributed by atoms with Crippen molar-refractivity contribution in [1.82, 2.24) is 15.0 Å². The second-order valence-electron chi connectivity index (χ2n) is 7.06. The molecule has 22 heavy (non-hydrogen) atoms. The largest absolute Gasteiger partial charge is 0.383 e. The lowest BCUT2D eigenvalue weighted by molar-refractivity contribution is 0.0281. The van der Waals surface area contributed by atoms with Crippen molar-refractivity contribution in [3.8, 4) is 0 Å². The van der Waals surface area contributed by atoms with Crippen molar-refractivity contribution < 1.29 is 9.26 Å². The predicted octanol–water partition coefficient (Wildman–Crippen LogP) is 2.37. The summed E-state index contributed by atoms with van der Waals surface area (Å²) in [6, 6.07) is 0.596. The number of aromatic nitrogens is 1. The maximum atomic E-state index is 5.38. The second kappa shape index (κ2) is 6.30. The molecule has 2 fully saturated rings. The third-order valence-corrected chi connectivity index (χ3v) is 5.95. The number of hydrogen-bond acceptors (Lipinski definition) is 5. The molecule has 5 heteroatoms. The molecule has 1 spiro atoms. The Bertz CT molecular complexity index is 487. The summed E-state index contributed by atoms with van der Waals surface area (Å²) in [5.41, 5.74) is 2.71. The highest BCUT2D eigenvalue weighted by molar-refractivity contribution is 5.20. The maximum absolute atomic E-state index is 5.38. The molecule has 0 bridgehead atoms. The van der Waals surface area contributed by atoms with E-state index in [0.29, 0.717) is 11.6 Å². The lowest BCUT2D eigenvalue weighted by atomic mass is 9.85. The van der Waals surface area contributed by atoms with Gasteiger partial charge < -0.3 is 9.26 Å². The van der Waals surface area contributed by atoms with Gasteiger partial charge in [-0.1, -0.05) is 5.16 Å². The molecule has 3 heterocycles. The van der Waals surface area contributed by atoms with E-state index in [4.69, 9.17) is 9.26 Å². The summed E-state index contributed by atoms with van der Waals surface area (Å²) >= 11 is 0. The molecule has 5 nitrogen and oxygen atoms in total. The molecule has 3 rings (SSSR count). The van der Waals surface area contributed by atoms with Gasteiger partial charge in [-0.3, -0.25) is 9.80 Å². The van der Waals surface area contributed by atoms with E-state index in [1.54, 1.807) is 0 Å². The zero-order valence-electron chi connectivity index (χ0n) is 14.4. The standard InChI is InChI=1S/C17H29N3O2/c1-13-16(14(2)22-18-13)11-20-9-7-17(8-10-20)6-5-15(12-21-4)19(17)3/h15H,5-12H2,1-4H3/t15-/m0/s1. The van der Waals surface area contributed by atoms with Crippen molar-refractivity contribution in [1.29, 1.82) is 0 Å². The smallest absolute Gasteiger partial charge is 0.138 e. The molecule has 0 aliphatic carbocycles. The number of rotatable bonds is 4. The van der Waals surface area contributed by atoms with Crippen LogP contribution in [0.25, 0.3) is 0 Å². The molecule has 2 aliphatic heterocycles. The van der Waals surface area contributed by atoms with Crippen molar-refractivity contribution in [3.05, 3.63) is 17.0 Å². The van der Waals surface area contributed by atoms with E-state index in [-0.39, 0.29) is 0 Å². The number of ether oxygens (including phenoxy) is 1. The van der Waals surface area contributed by atoms with E-state index in [9.17, 15) is 0 Å². The fourth-order valence-electron chi connectivity index (χ4n) is 4.26. The highest BCUT2D eigenvalue weighted by atomic mass is 16.5. The first kappa shape index (κ1) is 16.0. The van der Waals surface area contributed by atoms with Crippen LogP contribution in [0.15, 0.2) is 4.52 Å². The van der Waals surface area contributed by atoms with Gasteiger partial charge in [-0.2, -0.15) is 0 Å². The quantitative estimate of drug-likeness (QED) is 0.854. The Balaban J connectivity index is 1.59. The van der Waals surface area contributed by atoms with E-state index in [2.05, 4.69) is 22.0 Å². The van der Waals surface area contributed by atoms with Gasteiger partial charge in [0.05, 0.1) is 12.3 Å². The Morgan fingerprint density at radius 2 is 2.00 bits per heavy atom. The predicted molar refractivity (Wildman–Crippen MR) is 85.9 cm³/mol. The molecule has 2 aliphatic rings. The normalized spacial score (nSPS) is 26.1. The maximum Gasteiger partial charge on any atom is 0.138 e. The summed E-state index contributed by atoms with van der Waals surface area (Å²) in [6.45, 7) is 8.21. The first-order chi connectivity index (χ1) is 10.6. The van der Waals surface area contributed by atoms with E-state index in [1.165, 1.54) is 31.2 Å². The Morgan fingerprint density at radius 3 is 2.59 bits per heavy atom. The van der Waals surface area contributed by atoms with Gasteiger partial charge in [-0.15, -0.1) is 0 Å². The Hall–Kier alpha value is -0.910. The lowest BCUT2D eigenvalue weighted by Crippen LogP contribution is -2.52. The van der Waals surface area contributed by atoms with Crippen LogP contribution in [0.2, 0.25) is 0 Å². The number of hydrogen-bond donors (Lipinski definition) is 0. The van der Waals surface area contributed by atoms with Crippen LogP contribution in [-0.4, -0.2) is 60.4 Å². The second-order valence-corrected chi connectivity index (χ2v) is 7.06. The zero-order chi connectivity index (χ0) is 15.7. The lowest BCUT2D eigenvalue weighted by Gasteiger charge is -2.45. The molecule has 0 aromatic carbocycles. The monoisotopic (exact) mass is 307 g/mol. The van der Waals surface area contributed by atoms with Crippen LogP contribution in [0, 0.1) is 13.8 Å². The average molecular weight is 307 g/mol. The minimum absolute atomic E-state index is 0.401. The first-order valence-corrected chi connectivity index (χ1v) is 8.42. The highest BCUT2D eigenvalue weighted by Gasteiger charge is 2.45. The molecule has 0 unspecified atom stereocenters. The van der Waals surface area contributed by atoms with Crippen LogP contribution in [0.5, 0.6) is 0 Å². The van der Waals surface area contributed by atoms with E-state index in [0.717, 1.165) is 37.7 Å². The van der Waals surface area contributed by atoms with Gasteiger partial charge in [0.15, 0.2) is 0 Å². The Kier molecular flexibility index (Phi) is 4.57. The van der Waals surface area contributed by atoms with Gasteiger partial charge in [0.1, 0.15) is 5.76 Å². The van der Waals surface area contributed by atoms with Gasteiger partial charge in [0.25, 0.3) is 0 Å². The molecule has 0 saturated carbocycles. The SMILES string of the molecule is COC[C@@H]1CCC2(CCN(Cc3c(C)noc3C)CC2)N1C. The summed E-state index contributed by atoms with van der Waals surface area (Å²) in [5, 5.41) is 4.07. The number of piperidine rings is 1. The van der Waals surface area contributed by atoms with Crippen LogP contribution in [0.4, 0.5) is 0 Å².